The first kappa shape index (κ1) is 15.5. The third kappa shape index (κ3) is 4.05. The fraction of sp³-hybridized carbons (Fsp3) is 0.364. The normalized spacial score (nSPS) is 20.0. The van der Waals surface area contributed by atoms with Gasteiger partial charge in [0.25, 0.3) is 5.69 Å². The van der Waals surface area contributed by atoms with E-state index in [2.05, 4.69) is 10.6 Å². The zero-order chi connectivity index (χ0) is 15.6. The van der Waals surface area contributed by atoms with Crippen LogP contribution < -0.4 is 10.6 Å². The Balaban J connectivity index is 2.00. The van der Waals surface area contributed by atoms with Gasteiger partial charge in [0.05, 0.1) is 16.4 Å². The number of benzene rings is 1. The summed E-state index contributed by atoms with van der Waals surface area (Å²) in [6.07, 6.45) is 0.358. The molecule has 8 nitrogen and oxygen atoms in total. The Morgan fingerprint density at radius 2 is 2.14 bits per heavy atom. The van der Waals surface area contributed by atoms with E-state index in [9.17, 15) is 23.3 Å². The maximum atomic E-state index is 11.7. The van der Waals surface area contributed by atoms with Gasteiger partial charge in [0.15, 0.2) is 9.84 Å². The van der Waals surface area contributed by atoms with Gasteiger partial charge in [-0.15, -0.1) is 0 Å². The molecule has 10 heteroatoms. The smallest absolute Gasteiger partial charge is 0.319 e. The van der Waals surface area contributed by atoms with Crippen LogP contribution in [0.5, 0.6) is 0 Å². The van der Waals surface area contributed by atoms with E-state index in [1.165, 1.54) is 12.1 Å². The molecule has 1 atom stereocenters. The number of halogens is 1. The molecular formula is C11H12ClN3O5S. The molecule has 1 fully saturated rings. The number of nitro benzene ring substituents is 1. The molecule has 1 aromatic carbocycles. The van der Waals surface area contributed by atoms with Crippen LogP contribution in [0.25, 0.3) is 0 Å². The van der Waals surface area contributed by atoms with Crippen molar-refractivity contribution in [1.82, 2.24) is 5.32 Å². The molecule has 2 rings (SSSR count). The molecule has 0 saturated carbocycles. The molecular weight excluding hydrogens is 322 g/mol. The van der Waals surface area contributed by atoms with Gasteiger partial charge < -0.3 is 10.6 Å². The molecule has 21 heavy (non-hydrogen) atoms. The molecule has 2 amide bonds. The molecule has 0 radical (unpaired) electrons. The second-order valence-electron chi connectivity index (χ2n) is 4.62. The van der Waals surface area contributed by atoms with Crippen LogP contribution in [0.1, 0.15) is 6.42 Å². The quantitative estimate of drug-likeness (QED) is 0.642. The van der Waals surface area contributed by atoms with Crippen LogP contribution in [-0.2, 0) is 9.84 Å². The van der Waals surface area contributed by atoms with Gasteiger partial charge in [-0.2, -0.15) is 0 Å². The highest BCUT2D eigenvalue weighted by atomic mass is 35.5. The zero-order valence-corrected chi connectivity index (χ0v) is 12.3. The zero-order valence-electron chi connectivity index (χ0n) is 10.7. The Hall–Kier alpha value is -1.87. The van der Waals surface area contributed by atoms with E-state index in [-0.39, 0.29) is 27.9 Å². The Bertz CT molecular complexity index is 691. The van der Waals surface area contributed by atoms with E-state index in [1.807, 2.05) is 0 Å². The van der Waals surface area contributed by atoms with Crippen LogP contribution in [0.15, 0.2) is 18.2 Å². The van der Waals surface area contributed by atoms with Gasteiger partial charge in [-0.25, -0.2) is 13.2 Å². The highest BCUT2D eigenvalue weighted by molar-refractivity contribution is 7.91. The molecule has 1 heterocycles. The Morgan fingerprint density at radius 1 is 1.43 bits per heavy atom. The number of hydrogen-bond donors (Lipinski definition) is 2. The van der Waals surface area contributed by atoms with Gasteiger partial charge in [-0.1, -0.05) is 11.6 Å². The summed E-state index contributed by atoms with van der Waals surface area (Å²) in [7, 11) is -3.09. The summed E-state index contributed by atoms with van der Waals surface area (Å²) in [5, 5.41) is 15.6. The number of carbonyl (C=O) groups is 1. The maximum Gasteiger partial charge on any atom is 0.319 e. The molecule has 1 aromatic rings. The van der Waals surface area contributed by atoms with Crippen LogP contribution in [0.2, 0.25) is 5.02 Å². The minimum absolute atomic E-state index is 0.0344. The number of rotatable bonds is 3. The Kier molecular flexibility index (Phi) is 4.33. The third-order valence-corrected chi connectivity index (χ3v) is 5.06. The van der Waals surface area contributed by atoms with Gasteiger partial charge in [-0.05, 0) is 18.6 Å². The first-order valence-corrected chi connectivity index (χ1v) is 8.19. The lowest BCUT2D eigenvalue weighted by atomic mass is 10.2. The fourth-order valence-electron chi connectivity index (χ4n) is 1.99. The minimum atomic E-state index is -3.09. The third-order valence-electron chi connectivity index (χ3n) is 2.97. The first-order valence-electron chi connectivity index (χ1n) is 5.99. The van der Waals surface area contributed by atoms with Gasteiger partial charge in [0.1, 0.15) is 5.02 Å². The molecule has 114 valence electrons. The van der Waals surface area contributed by atoms with Crippen LogP contribution in [0.4, 0.5) is 16.2 Å². The second-order valence-corrected chi connectivity index (χ2v) is 7.26. The molecule has 0 spiro atoms. The molecule has 1 unspecified atom stereocenters. The van der Waals surface area contributed by atoms with Crippen molar-refractivity contribution >= 4 is 38.8 Å². The van der Waals surface area contributed by atoms with Crippen molar-refractivity contribution in [3.63, 3.8) is 0 Å². The van der Waals surface area contributed by atoms with Crippen LogP contribution in [-0.4, -0.2) is 36.9 Å². The number of urea groups is 1. The van der Waals surface area contributed by atoms with Gasteiger partial charge in [0, 0.05) is 17.8 Å². The van der Waals surface area contributed by atoms with Gasteiger partial charge in [-0.3, -0.25) is 10.1 Å². The second kappa shape index (κ2) is 5.86. The van der Waals surface area contributed by atoms with E-state index < -0.39 is 26.8 Å². The lowest BCUT2D eigenvalue weighted by Crippen LogP contribution is -2.38. The highest BCUT2D eigenvalue weighted by Crippen LogP contribution is 2.27. The van der Waals surface area contributed by atoms with Gasteiger partial charge in [0.2, 0.25) is 0 Å². The van der Waals surface area contributed by atoms with Crippen molar-refractivity contribution in [3.8, 4) is 0 Å². The predicted octanol–water partition coefficient (Wildman–Crippen LogP) is 1.56. The van der Waals surface area contributed by atoms with Crippen molar-refractivity contribution in [3.05, 3.63) is 33.3 Å². The average Bonchev–Trinajstić information content (AvgIpc) is 2.70. The van der Waals surface area contributed by atoms with Gasteiger partial charge >= 0.3 is 6.03 Å². The average molecular weight is 334 g/mol. The molecule has 0 aromatic heterocycles. The topological polar surface area (TPSA) is 118 Å². The highest BCUT2D eigenvalue weighted by Gasteiger charge is 2.29. The van der Waals surface area contributed by atoms with Crippen molar-refractivity contribution in [1.29, 1.82) is 0 Å². The lowest BCUT2D eigenvalue weighted by Gasteiger charge is -2.12. The number of carbonyl (C=O) groups excluding carboxylic acids is 1. The molecule has 1 aliphatic rings. The van der Waals surface area contributed by atoms with E-state index >= 15 is 0 Å². The van der Waals surface area contributed by atoms with Crippen molar-refractivity contribution in [2.75, 3.05) is 16.8 Å². The summed E-state index contributed by atoms with van der Waals surface area (Å²) in [5.41, 5.74) is -0.123. The van der Waals surface area contributed by atoms with E-state index in [0.29, 0.717) is 6.42 Å². The number of anilines is 1. The Labute approximate surface area is 125 Å². The molecule has 0 bridgehead atoms. The summed E-state index contributed by atoms with van der Waals surface area (Å²) in [4.78, 5) is 21.8. The van der Waals surface area contributed by atoms with E-state index in [4.69, 9.17) is 11.6 Å². The van der Waals surface area contributed by atoms with E-state index in [0.717, 1.165) is 6.07 Å². The lowest BCUT2D eigenvalue weighted by molar-refractivity contribution is -0.384. The summed E-state index contributed by atoms with van der Waals surface area (Å²) in [6.45, 7) is 0. The summed E-state index contributed by atoms with van der Waals surface area (Å²) in [6, 6.07) is 2.79. The standard InChI is InChI=1S/C11H12ClN3O5S/c12-9-2-1-7(5-10(9)15(17)18)13-11(16)14-8-3-4-21(19,20)6-8/h1-2,5,8H,3-4,6H2,(H2,13,14,16). The summed E-state index contributed by atoms with van der Waals surface area (Å²) < 4.78 is 22.6. The predicted molar refractivity (Wildman–Crippen MR) is 77.3 cm³/mol. The SMILES string of the molecule is O=C(Nc1ccc(Cl)c([N+](=O)[O-])c1)NC1CCS(=O)(=O)C1. The number of sulfone groups is 1. The Morgan fingerprint density at radius 3 is 2.71 bits per heavy atom. The molecule has 1 aliphatic heterocycles. The number of nitro groups is 1. The largest absolute Gasteiger partial charge is 0.334 e. The number of amides is 2. The van der Waals surface area contributed by atoms with Crippen molar-refractivity contribution in [2.45, 2.75) is 12.5 Å². The molecule has 2 N–H and O–H groups in total. The minimum Gasteiger partial charge on any atom is -0.334 e. The van der Waals surface area contributed by atoms with Crippen molar-refractivity contribution in [2.24, 2.45) is 0 Å². The van der Waals surface area contributed by atoms with Crippen molar-refractivity contribution < 1.29 is 18.1 Å². The van der Waals surface area contributed by atoms with Crippen LogP contribution in [0.3, 0.4) is 0 Å². The number of nitrogens with one attached hydrogen (secondary N) is 2. The molecule has 1 saturated heterocycles. The molecule has 0 aliphatic carbocycles. The summed E-state index contributed by atoms with van der Waals surface area (Å²) in [5.74, 6) is -0.0501. The number of nitrogens with zero attached hydrogens (tertiary/aromatic N) is 1. The monoisotopic (exact) mass is 333 g/mol. The van der Waals surface area contributed by atoms with Crippen LogP contribution in [0, 0.1) is 10.1 Å². The fourth-order valence-corrected chi connectivity index (χ4v) is 3.85. The first-order chi connectivity index (χ1) is 9.77. The van der Waals surface area contributed by atoms with Crippen LogP contribution >= 0.6 is 11.6 Å². The maximum absolute atomic E-state index is 11.7. The van der Waals surface area contributed by atoms with E-state index in [1.54, 1.807) is 0 Å². The summed E-state index contributed by atoms with van der Waals surface area (Å²) >= 11 is 5.66. The number of hydrogen-bond acceptors (Lipinski definition) is 5.